The van der Waals surface area contributed by atoms with E-state index in [-0.39, 0.29) is 30.0 Å². The van der Waals surface area contributed by atoms with Crippen LogP contribution in [0, 0.1) is 6.92 Å². The van der Waals surface area contributed by atoms with Gasteiger partial charge in [0.2, 0.25) is 5.89 Å². The third-order valence-electron chi connectivity index (χ3n) is 5.37. The molecule has 1 fully saturated rings. The lowest BCUT2D eigenvalue weighted by molar-refractivity contribution is 0.213. The van der Waals surface area contributed by atoms with Gasteiger partial charge in [-0.15, -0.1) is 24.0 Å². The van der Waals surface area contributed by atoms with Crippen LogP contribution in [0.15, 0.2) is 62.6 Å². The number of likely N-dealkylation sites (tertiary alicyclic amines) is 1. The van der Waals surface area contributed by atoms with Crippen LogP contribution >= 0.6 is 24.0 Å². The number of nitrogens with one attached hydrogen (secondary N) is 2. The Hall–Kier alpha value is -2.33. The van der Waals surface area contributed by atoms with Crippen molar-refractivity contribution in [3.05, 3.63) is 65.9 Å². The van der Waals surface area contributed by atoms with Crippen molar-refractivity contribution in [1.29, 1.82) is 0 Å². The molecule has 1 atom stereocenters. The molecule has 0 amide bonds. The maximum atomic E-state index is 5.93. The second-order valence-corrected chi connectivity index (χ2v) is 7.52. The summed E-state index contributed by atoms with van der Waals surface area (Å²) < 4.78 is 11.5. The standard InChI is InChI=1S/C23H29N5O2.HI/c1-17-10-11-21(30-17)20(28-12-6-7-13-28)15-26-23(24-2)25-14-19-16-29-22(27-19)18-8-4-3-5-9-18;/h3-5,8-11,16,20H,6-7,12-15H2,1-2H3,(H2,24,25,26);1H. The van der Waals surface area contributed by atoms with Crippen molar-refractivity contribution in [3.63, 3.8) is 0 Å². The van der Waals surface area contributed by atoms with Crippen LogP contribution in [0.25, 0.3) is 11.5 Å². The summed E-state index contributed by atoms with van der Waals surface area (Å²) in [6.07, 6.45) is 4.15. The average molecular weight is 535 g/mol. The first-order valence-electron chi connectivity index (χ1n) is 10.5. The molecular weight excluding hydrogens is 505 g/mol. The summed E-state index contributed by atoms with van der Waals surface area (Å²) in [5.74, 6) is 3.29. The first-order valence-corrected chi connectivity index (χ1v) is 10.5. The fourth-order valence-electron chi connectivity index (χ4n) is 3.79. The van der Waals surface area contributed by atoms with Crippen molar-refractivity contribution in [2.75, 3.05) is 26.7 Å². The van der Waals surface area contributed by atoms with E-state index in [1.165, 1.54) is 12.8 Å². The number of benzene rings is 1. The predicted molar refractivity (Wildman–Crippen MR) is 133 cm³/mol. The van der Waals surface area contributed by atoms with Gasteiger partial charge in [-0.05, 0) is 57.1 Å². The molecule has 1 unspecified atom stereocenters. The van der Waals surface area contributed by atoms with Gasteiger partial charge >= 0.3 is 0 Å². The second kappa shape index (κ2) is 11.3. The number of hydrogen-bond acceptors (Lipinski definition) is 5. The molecule has 4 rings (SSSR count). The SMILES string of the molecule is CN=C(NCc1coc(-c2ccccc2)n1)NCC(c1ccc(C)o1)N1CCCC1.I. The Morgan fingerprint density at radius 2 is 1.90 bits per heavy atom. The topological polar surface area (TPSA) is 78.8 Å². The highest BCUT2D eigenvalue weighted by atomic mass is 127. The van der Waals surface area contributed by atoms with Crippen molar-refractivity contribution in [1.82, 2.24) is 20.5 Å². The van der Waals surface area contributed by atoms with Gasteiger partial charge in [0.25, 0.3) is 0 Å². The molecule has 166 valence electrons. The first-order chi connectivity index (χ1) is 14.7. The summed E-state index contributed by atoms with van der Waals surface area (Å²) in [4.78, 5) is 11.4. The molecule has 2 N–H and O–H groups in total. The highest BCUT2D eigenvalue weighted by Crippen LogP contribution is 2.26. The minimum atomic E-state index is 0. The van der Waals surface area contributed by atoms with E-state index < -0.39 is 0 Å². The monoisotopic (exact) mass is 535 g/mol. The van der Waals surface area contributed by atoms with E-state index in [9.17, 15) is 0 Å². The van der Waals surface area contributed by atoms with Gasteiger partial charge in [-0.25, -0.2) is 4.98 Å². The lowest BCUT2D eigenvalue weighted by Crippen LogP contribution is -2.42. The van der Waals surface area contributed by atoms with Gasteiger partial charge < -0.3 is 19.5 Å². The smallest absolute Gasteiger partial charge is 0.226 e. The maximum absolute atomic E-state index is 5.93. The number of aliphatic imine (C=N–C) groups is 1. The minimum Gasteiger partial charge on any atom is -0.465 e. The first kappa shape index (κ1) is 23.3. The molecule has 0 spiro atoms. The molecule has 1 saturated heterocycles. The zero-order valence-corrected chi connectivity index (χ0v) is 20.3. The molecular formula is C23H30IN5O2. The third kappa shape index (κ3) is 6.10. The Labute approximate surface area is 200 Å². The molecule has 0 radical (unpaired) electrons. The van der Waals surface area contributed by atoms with E-state index in [0.717, 1.165) is 48.4 Å². The summed E-state index contributed by atoms with van der Waals surface area (Å²) in [5.41, 5.74) is 1.79. The van der Waals surface area contributed by atoms with Crippen molar-refractivity contribution in [2.45, 2.75) is 32.4 Å². The van der Waals surface area contributed by atoms with Gasteiger partial charge in [0.15, 0.2) is 5.96 Å². The van der Waals surface area contributed by atoms with E-state index in [4.69, 9.17) is 8.83 Å². The number of oxazole rings is 1. The van der Waals surface area contributed by atoms with Crippen molar-refractivity contribution in [2.24, 2.45) is 4.99 Å². The number of rotatable bonds is 7. The fraction of sp³-hybridized carbons (Fsp3) is 0.391. The molecule has 1 aliphatic rings. The van der Waals surface area contributed by atoms with E-state index in [0.29, 0.717) is 12.4 Å². The van der Waals surface area contributed by atoms with Crippen LogP contribution < -0.4 is 10.6 Å². The quantitative estimate of drug-likeness (QED) is 0.266. The van der Waals surface area contributed by atoms with Gasteiger partial charge in [0.05, 0.1) is 18.3 Å². The maximum Gasteiger partial charge on any atom is 0.226 e. The van der Waals surface area contributed by atoms with Crippen LogP contribution in [0.4, 0.5) is 0 Å². The van der Waals surface area contributed by atoms with Crippen LogP contribution in [-0.4, -0.2) is 42.5 Å². The molecule has 2 aromatic heterocycles. The van der Waals surface area contributed by atoms with Crippen LogP contribution in [0.1, 0.15) is 36.1 Å². The van der Waals surface area contributed by atoms with Crippen LogP contribution in [0.2, 0.25) is 0 Å². The molecule has 0 saturated carbocycles. The number of aromatic nitrogens is 1. The van der Waals surface area contributed by atoms with E-state index in [2.05, 4.69) is 31.6 Å². The Balaban J connectivity index is 0.00000272. The third-order valence-corrected chi connectivity index (χ3v) is 5.37. The van der Waals surface area contributed by atoms with Crippen molar-refractivity contribution >= 4 is 29.9 Å². The average Bonchev–Trinajstić information content (AvgIpc) is 3.54. The lowest BCUT2D eigenvalue weighted by atomic mass is 10.2. The summed E-state index contributed by atoms with van der Waals surface area (Å²) in [6.45, 7) is 5.43. The van der Waals surface area contributed by atoms with Gasteiger partial charge in [0.1, 0.15) is 17.8 Å². The number of guanidine groups is 1. The Morgan fingerprint density at radius 1 is 1.13 bits per heavy atom. The zero-order chi connectivity index (χ0) is 20.8. The molecule has 7 nitrogen and oxygen atoms in total. The van der Waals surface area contributed by atoms with E-state index >= 15 is 0 Å². The largest absolute Gasteiger partial charge is 0.465 e. The summed E-state index contributed by atoms with van der Waals surface area (Å²) in [7, 11) is 1.77. The van der Waals surface area contributed by atoms with Crippen LogP contribution in [-0.2, 0) is 6.54 Å². The number of halogens is 1. The van der Waals surface area contributed by atoms with Gasteiger partial charge in [-0.1, -0.05) is 18.2 Å². The van der Waals surface area contributed by atoms with Crippen molar-refractivity contribution in [3.8, 4) is 11.5 Å². The number of nitrogens with zero attached hydrogens (tertiary/aromatic N) is 3. The lowest BCUT2D eigenvalue weighted by Gasteiger charge is -2.26. The summed E-state index contributed by atoms with van der Waals surface area (Å²) in [6, 6.07) is 14.2. The predicted octanol–water partition coefficient (Wildman–Crippen LogP) is 4.36. The molecule has 1 aromatic carbocycles. The second-order valence-electron chi connectivity index (χ2n) is 7.52. The summed E-state index contributed by atoms with van der Waals surface area (Å²) >= 11 is 0. The van der Waals surface area contributed by atoms with E-state index in [1.807, 2.05) is 43.3 Å². The minimum absolute atomic E-state index is 0. The van der Waals surface area contributed by atoms with E-state index in [1.54, 1.807) is 13.3 Å². The Kier molecular flexibility index (Phi) is 8.53. The van der Waals surface area contributed by atoms with Gasteiger partial charge in [-0.2, -0.15) is 0 Å². The molecule has 0 bridgehead atoms. The van der Waals surface area contributed by atoms with Gasteiger partial charge in [0, 0.05) is 19.2 Å². The normalized spacial score (nSPS) is 15.5. The highest BCUT2D eigenvalue weighted by Gasteiger charge is 2.26. The summed E-state index contributed by atoms with van der Waals surface area (Å²) in [5, 5.41) is 6.76. The molecule has 3 heterocycles. The number of hydrogen-bond donors (Lipinski definition) is 2. The van der Waals surface area contributed by atoms with Crippen molar-refractivity contribution < 1.29 is 8.83 Å². The zero-order valence-electron chi connectivity index (χ0n) is 18.0. The van der Waals surface area contributed by atoms with Crippen LogP contribution in [0.5, 0.6) is 0 Å². The number of aryl methyl sites for hydroxylation is 1. The fourth-order valence-corrected chi connectivity index (χ4v) is 3.79. The molecule has 8 heteroatoms. The molecule has 1 aliphatic heterocycles. The molecule has 0 aliphatic carbocycles. The molecule has 3 aromatic rings. The number of furan rings is 1. The Bertz CT molecular complexity index is 963. The highest BCUT2D eigenvalue weighted by molar-refractivity contribution is 14.0. The molecule has 31 heavy (non-hydrogen) atoms. The van der Waals surface area contributed by atoms with Crippen LogP contribution in [0.3, 0.4) is 0 Å². The Morgan fingerprint density at radius 3 is 2.58 bits per heavy atom. The van der Waals surface area contributed by atoms with Gasteiger partial charge in [-0.3, -0.25) is 9.89 Å².